The van der Waals surface area contributed by atoms with Crippen LogP contribution in [0.4, 0.5) is 13.2 Å². The second kappa shape index (κ2) is 7.32. The van der Waals surface area contributed by atoms with Crippen LogP contribution in [0.5, 0.6) is 0 Å². The smallest absolute Gasteiger partial charge is 0.304 e. The molecule has 0 saturated carbocycles. The number of aliphatic imine (C=N–C) groups is 1. The van der Waals surface area contributed by atoms with Crippen LogP contribution in [0.25, 0.3) is 0 Å². The van der Waals surface area contributed by atoms with Crippen molar-refractivity contribution in [2.75, 3.05) is 6.61 Å². The monoisotopic (exact) mass is 422 g/mol. The summed E-state index contributed by atoms with van der Waals surface area (Å²) in [4.78, 5) is 3.95. The third-order valence-corrected chi connectivity index (χ3v) is 4.97. The molecule has 0 amide bonds. The zero-order chi connectivity index (χ0) is 21.4. The Kier molecular flexibility index (Phi) is 5.32. The number of nitrogens with zero attached hydrogens (tertiary/aromatic N) is 3. The molecule has 0 aliphatic carbocycles. The molecule has 2 heterocycles. The lowest BCUT2D eigenvalue weighted by atomic mass is 9.77. The van der Waals surface area contributed by atoms with Gasteiger partial charge in [-0.05, 0) is 57.0 Å². The lowest BCUT2D eigenvalue weighted by Gasteiger charge is -2.41. The minimum atomic E-state index is -3.57. The van der Waals surface area contributed by atoms with Gasteiger partial charge < -0.3 is 10.5 Å². The molecular formula is C20H18ClF3N4O. The number of ether oxygens (including phenoxy) is 1. The highest BCUT2D eigenvalue weighted by Crippen LogP contribution is 2.50. The van der Waals surface area contributed by atoms with E-state index in [0.717, 1.165) is 13.0 Å². The molecule has 1 aromatic carbocycles. The summed E-state index contributed by atoms with van der Waals surface area (Å²) in [6.45, 7) is 3.30. The molecule has 1 aliphatic rings. The Labute approximate surface area is 171 Å². The van der Waals surface area contributed by atoms with Crippen LogP contribution in [-0.4, -0.2) is 34.2 Å². The van der Waals surface area contributed by atoms with Crippen molar-refractivity contribution in [1.29, 1.82) is 0 Å². The SMILES string of the molecule is CC1(C)OCC(N)=N[C@](C)(c2cc(C#Cc3ccc(Cl)nn3)ccc2F)C1(F)F. The number of hydrogen-bond donors (Lipinski definition) is 1. The van der Waals surface area contributed by atoms with Crippen LogP contribution in [-0.2, 0) is 10.3 Å². The zero-order valence-corrected chi connectivity index (χ0v) is 16.7. The summed E-state index contributed by atoms with van der Waals surface area (Å²) in [6.07, 6.45) is 0. The van der Waals surface area contributed by atoms with Gasteiger partial charge in [0.2, 0.25) is 0 Å². The Bertz CT molecular complexity index is 1030. The number of benzene rings is 1. The summed E-state index contributed by atoms with van der Waals surface area (Å²) in [5.41, 5.74) is 1.80. The molecule has 1 atom stereocenters. The quantitative estimate of drug-likeness (QED) is 0.711. The Balaban J connectivity index is 2.11. The number of rotatable bonds is 1. The summed E-state index contributed by atoms with van der Waals surface area (Å²) in [5, 5.41) is 7.68. The fourth-order valence-corrected chi connectivity index (χ4v) is 3.15. The summed E-state index contributed by atoms with van der Waals surface area (Å²) >= 11 is 5.68. The molecule has 29 heavy (non-hydrogen) atoms. The lowest BCUT2D eigenvalue weighted by Crippen LogP contribution is -2.56. The van der Waals surface area contributed by atoms with Crippen molar-refractivity contribution >= 4 is 17.4 Å². The van der Waals surface area contributed by atoms with Crippen LogP contribution in [0.2, 0.25) is 5.15 Å². The first-order valence-corrected chi connectivity index (χ1v) is 9.01. The van der Waals surface area contributed by atoms with Crippen molar-refractivity contribution in [3.63, 3.8) is 0 Å². The average molecular weight is 423 g/mol. The lowest BCUT2D eigenvalue weighted by molar-refractivity contribution is -0.214. The van der Waals surface area contributed by atoms with Gasteiger partial charge in [-0.3, -0.25) is 4.99 Å². The van der Waals surface area contributed by atoms with Gasteiger partial charge in [0, 0.05) is 11.1 Å². The summed E-state index contributed by atoms with van der Waals surface area (Å²) in [6, 6.07) is 6.75. The molecule has 0 radical (unpaired) electrons. The molecule has 0 fully saturated rings. The average Bonchev–Trinajstić information content (AvgIpc) is 2.71. The predicted octanol–water partition coefficient (Wildman–Crippen LogP) is 3.69. The Hall–Kier alpha value is -2.63. The molecule has 2 N–H and O–H groups in total. The van der Waals surface area contributed by atoms with Crippen LogP contribution in [0.3, 0.4) is 0 Å². The first-order valence-electron chi connectivity index (χ1n) is 8.63. The van der Waals surface area contributed by atoms with Crippen LogP contribution in [0.1, 0.15) is 37.6 Å². The second-order valence-corrected chi connectivity index (χ2v) is 7.62. The van der Waals surface area contributed by atoms with Gasteiger partial charge in [0.25, 0.3) is 0 Å². The van der Waals surface area contributed by atoms with Crippen molar-refractivity contribution in [3.05, 3.63) is 58.1 Å². The third kappa shape index (κ3) is 3.80. The van der Waals surface area contributed by atoms with E-state index in [-0.39, 0.29) is 23.2 Å². The molecule has 2 aromatic rings. The Morgan fingerprint density at radius 3 is 2.48 bits per heavy atom. The highest BCUT2D eigenvalue weighted by atomic mass is 35.5. The first kappa shape index (κ1) is 21.1. The van der Waals surface area contributed by atoms with Crippen molar-refractivity contribution < 1.29 is 17.9 Å². The van der Waals surface area contributed by atoms with Crippen molar-refractivity contribution in [1.82, 2.24) is 10.2 Å². The predicted molar refractivity (Wildman–Crippen MR) is 103 cm³/mol. The van der Waals surface area contributed by atoms with E-state index < -0.39 is 22.9 Å². The van der Waals surface area contributed by atoms with Crippen molar-refractivity contribution in [2.24, 2.45) is 10.7 Å². The molecular weight excluding hydrogens is 405 g/mol. The van der Waals surface area contributed by atoms with E-state index in [1.807, 2.05) is 0 Å². The maximum atomic E-state index is 15.4. The molecule has 9 heteroatoms. The molecule has 1 aromatic heterocycles. The summed E-state index contributed by atoms with van der Waals surface area (Å²) in [7, 11) is 0. The largest absolute Gasteiger partial charge is 0.385 e. The Morgan fingerprint density at radius 2 is 1.83 bits per heavy atom. The van der Waals surface area contributed by atoms with Crippen molar-refractivity contribution in [3.8, 4) is 11.8 Å². The molecule has 0 saturated heterocycles. The van der Waals surface area contributed by atoms with Gasteiger partial charge in [-0.15, -0.1) is 10.2 Å². The van der Waals surface area contributed by atoms with E-state index in [9.17, 15) is 4.39 Å². The third-order valence-electron chi connectivity index (χ3n) is 4.77. The molecule has 1 aliphatic heterocycles. The minimum Gasteiger partial charge on any atom is -0.385 e. The van der Waals surface area contributed by atoms with Crippen LogP contribution in [0, 0.1) is 17.7 Å². The normalized spacial score (nSPS) is 22.8. The van der Waals surface area contributed by atoms with Gasteiger partial charge >= 0.3 is 5.92 Å². The molecule has 3 rings (SSSR count). The number of halogens is 4. The number of nitrogens with two attached hydrogens (primary N) is 1. The van der Waals surface area contributed by atoms with Gasteiger partial charge in [-0.2, -0.15) is 0 Å². The van der Waals surface area contributed by atoms with E-state index in [1.54, 1.807) is 6.07 Å². The van der Waals surface area contributed by atoms with E-state index in [2.05, 4.69) is 27.0 Å². The van der Waals surface area contributed by atoms with E-state index in [4.69, 9.17) is 22.1 Å². The number of aromatic nitrogens is 2. The molecule has 0 bridgehead atoms. The summed E-state index contributed by atoms with van der Waals surface area (Å²) in [5.74, 6) is 0.921. The van der Waals surface area contributed by atoms with Gasteiger partial charge in [-0.1, -0.05) is 17.5 Å². The van der Waals surface area contributed by atoms with Gasteiger partial charge in [-0.25, -0.2) is 13.2 Å². The number of alkyl halides is 2. The van der Waals surface area contributed by atoms with E-state index in [0.29, 0.717) is 11.3 Å². The van der Waals surface area contributed by atoms with Crippen LogP contribution >= 0.6 is 11.6 Å². The topological polar surface area (TPSA) is 73.4 Å². The molecule has 152 valence electrons. The maximum Gasteiger partial charge on any atom is 0.304 e. The second-order valence-electron chi connectivity index (χ2n) is 7.23. The first-order chi connectivity index (χ1) is 13.5. The van der Waals surface area contributed by atoms with Gasteiger partial charge in [0.05, 0.1) is 0 Å². The Morgan fingerprint density at radius 1 is 1.10 bits per heavy atom. The molecule has 0 unspecified atom stereocenters. The maximum absolute atomic E-state index is 15.4. The van der Waals surface area contributed by atoms with E-state index >= 15 is 8.78 Å². The van der Waals surface area contributed by atoms with Crippen molar-refractivity contribution in [2.45, 2.75) is 37.8 Å². The van der Waals surface area contributed by atoms with Gasteiger partial charge in [0.1, 0.15) is 29.6 Å². The highest BCUT2D eigenvalue weighted by molar-refractivity contribution is 6.29. The molecule has 0 spiro atoms. The summed E-state index contributed by atoms with van der Waals surface area (Å²) < 4.78 is 50.8. The number of amidine groups is 1. The fourth-order valence-electron chi connectivity index (χ4n) is 3.05. The van der Waals surface area contributed by atoms with Crippen LogP contribution < -0.4 is 5.73 Å². The van der Waals surface area contributed by atoms with Crippen LogP contribution in [0.15, 0.2) is 35.3 Å². The fraction of sp³-hybridized carbons (Fsp3) is 0.350. The highest BCUT2D eigenvalue weighted by Gasteiger charge is 2.63. The minimum absolute atomic E-state index is 0.148. The van der Waals surface area contributed by atoms with Gasteiger partial charge in [0.15, 0.2) is 10.7 Å². The molecule has 5 nitrogen and oxygen atoms in total. The standard InChI is InChI=1S/C20H18ClF3N4O/c1-18(2)20(23,24)19(3,26-17(25)11-29-18)14-10-12(5-8-15(14)22)4-6-13-7-9-16(21)28-27-13/h5,7-10H,11H2,1-3H3,(H2,25,26)/t19-/m1/s1. The number of hydrogen-bond acceptors (Lipinski definition) is 5. The zero-order valence-electron chi connectivity index (χ0n) is 15.9. The van der Waals surface area contributed by atoms with E-state index in [1.165, 1.54) is 32.0 Å².